The van der Waals surface area contributed by atoms with Gasteiger partial charge in [-0.05, 0) is 23.6 Å². The molecule has 94 valence electrons. The number of aromatic nitrogens is 2. The van der Waals surface area contributed by atoms with Crippen molar-refractivity contribution >= 4 is 5.82 Å². The number of nitrogens with one attached hydrogen (secondary N) is 1. The standard InChI is InChI=1S/C13H16N4O/c1-9(2)10-3-5-11(6-4-10)17-8-7-15-12(16-14)13(17)18/h3-9H,14H2,1-2H3,(H,15,16). The van der Waals surface area contributed by atoms with E-state index in [4.69, 9.17) is 5.84 Å². The highest BCUT2D eigenvalue weighted by Gasteiger charge is 2.05. The number of rotatable bonds is 3. The number of nitrogen functional groups attached to an aromatic ring is 1. The molecule has 0 atom stereocenters. The minimum Gasteiger partial charge on any atom is -0.304 e. The Morgan fingerprint density at radius 1 is 1.28 bits per heavy atom. The molecule has 1 aromatic heterocycles. The highest BCUT2D eigenvalue weighted by molar-refractivity contribution is 5.39. The van der Waals surface area contributed by atoms with Crippen molar-refractivity contribution in [3.8, 4) is 5.69 Å². The number of hydrazine groups is 1. The summed E-state index contributed by atoms with van der Waals surface area (Å²) >= 11 is 0. The third kappa shape index (κ3) is 2.26. The normalized spacial score (nSPS) is 10.7. The van der Waals surface area contributed by atoms with Crippen LogP contribution in [0, 0.1) is 0 Å². The van der Waals surface area contributed by atoms with Crippen molar-refractivity contribution in [3.05, 3.63) is 52.6 Å². The van der Waals surface area contributed by atoms with Gasteiger partial charge >= 0.3 is 0 Å². The van der Waals surface area contributed by atoms with Crippen molar-refractivity contribution in [2.75, 3.05) is 5.43 Å². The Hall–Kier alpha value is -2.14. The van der Waals surface area contributed by atoms with Crippen LogP contribution >= 0.6 is 0 Å². The molecule has 0 amide bonds. The monoisotopic (exact) mass is 244 g/mol. The fourth-order valence-corrected chi connectivity index (χ4v) is 1.73. The Balaban J connectivity index is 2.46. The zero-order valence-corrected chi connectivity index (χ0v) is 10.4. The van der Waals surface area contributed by atoms with Gasteiger partial charge in [-0.15, -0.1) is 0 Å². The Morgan fingerprint density at radius 2 is 1.94 bits per heavy atom. The fourth-order valence-electron chi connectivity index (χ4n) is 1.73. The summed E-state index contributed by atoms with van der Waals surface area (Å²) in [5.74, 6) is 5.83. The summed E-state index contributed by atoms with van der Waals surface area (Å²) in [6, 6.07) is 7.86. The minimum atomic E-state index is -0.266. The molecule has 0 aliphatic carbocycles. The smallest absolute Gasteiger partial charge is 0.299 e. The second-order valence-corrected chi connectivity index (χ2v) is 4.34. The summed E-state index contributed by atoms with van der Waals surface area (Å²) in [5.41, 5.74) is 4.05. The van der Waals surface area contributed by atoms with Crippen LogP contribution in [0.25, 0.3) is 5.69 Å². The molecule has 1 heterocycles. The lowest BCUT2D eigenvalue weighted by atomic mass is 10.0. The molecule has 18 heavy (non-hydrogen) atoms. The molecule has 0 bridgehead atoms. The topological polar surface area (TPSA) is 72.9 Å². The summed E-state index contributed by atoms with van der Waals surface area (Å²) < 4.78 is 1.51. The van der Waals surface area contributed by atoms with Crippen molar-refractivity contribution in [3.63, 3.8) is 0 Å². The third-order valence-electron chi connectivity index (χ3n) is 2.82. The van der Waals surface area contributed by atoms with Crippen LogP contribution in [0.5, 0.6) is 0 Å². The molecule has 1 aromatic carbocycles. The van der Waals surface area contributed by atoms with E-state index in [9.17, 15) is 4.79 Å². The first kappa shape index (κ1) is 12.3. The molecule has 0 unspecified atom stereocenters. The van der Waals surface area contributed by atoms with Gasteiger partial charge < -0.3 is 5.43 Å². The quantitative estimate of drug-likeness (QED) is 0.636. The van der Waals surface area contributed by atoms with E-state index < -0.39 is 0 Å². The van der Waals surface area contributed by atoms with Crippen LogP contribution in [0.1, 0.15) is 25.3 Å². The average molecular weight is 244 g/mol. The lowest BCUT2D eigenvalue weighted by Crippen LogP contribution is -2.25. The van der Waals surface area contributed by atoms with Crippen LogP contribution < -0.4 is 16.8 Å². The molecule has 0 radical (unpaired) electrons. The number of anilines is 1. The van der Waals surface area contributed by atoms with Gasteiger partial charge in [0, 0.05) is 18.1 Å². The van der Waals surface area contributed by atoms with Crippen molar-refractivity contribution in [2.45, 2.75) is 19.8 Å². The second-order valence-electron chi connectivity index (χ2n) is 4.34. The molecule has 0 saturated heterocycles. The summed E-state index contributed by atoms with van der Waals surface area (Å²) in [6.45, 7) is 4.26. The lowest BCUT2D eigenvalue weighted by Gasteiger charge is -2.09. The van der Waals surface area contributed by atoms with Crippen molar-refractivity contribution in [1.82, 2.24) is 9.55 Å². The van der Waals surface area contributed by atoms with E-state index in [-0.39, 0.29) is 11.4 Å². The second kappa shape index (κ2) is 5.01. The van der Waals surface area contributed by atoms with Crippen LogP contribution in [-0.2, 0) is 0 Å². The molecular weight excluding hydrogens is 228 g/mol. The van der Waals surface area contributed by atoms with Crippen molar-refractivity contribution in [2.24, 2.45) is 5.84 Å². The van der Waals surface area contributed by atoms with Gasteiger partial charge in [-0.3, -0.25) is 9.36 Å². The predicted molar refractivity (Wildman–Crippen MR) is 71.7 cm³/mol. The van der Waals surface area contributed by atoms with Crippen LogP contribution in [-0.4, -0.2) is 9.55 Å². The van der Waals surface area contributed by atoms with E-state index in [1.165, 1.54) is 16.3 Å². The molecule has 2 aromatic rings. The van der Waals surface area contributed by atoms with Crippen molar-refractivity contribution in [1.29, 1.82) is 0 Å². The number of nitrogens with zero attached hydrogens (tertiary/aromatic N) is 2. The molecule has 0 spiro atoms. The Bertz CT molecular complexity index is 587. The summed E-state index contributed by atoms with van der Waals surface area (Å²) in [7, 11) is 0. The minimum absolute atomic E-state index is 0.130. The van der Waals surface area contributed by atoms with E-state index in [1.807, 2.05) is 24.3 Å². The third-order valence-corrected chi connectivity index (χ3v) is 2.82. The van der Waals surface area contributed by atoms with Gasteiger partial charge in [0.2, 0.25) is 5.82 Å². The summed E-state index contributed by atoms with van der Waals surface area (Å²) in [6.07, 6.45) is 3.15. The lowest BCUT2D eigenvalue weighted by molar-refractivity contribution is 0.863. The number of nitrogens with two attached hydrogens (primary N) is 1. The Kier molecular flexibility index (Phi) is 3.43. The maximum atomic E-state index is 12.0. The van der Waals surface area contributed by atoms with Gasteiger partial charge in [0.1, 0.15) is 0 Å². The van der Waals surface area contributed by atoms with Gasteiger partial charge in [0.05, 0.1) is 0 Å². The first-order valence-corrected chi connectivity index (χ1v) is 5.78. The first-order chi connectivity index (χ1) is 8.63. The molecule has 2 rings (SSSR count). The molecule has 0 aliphatic rings. The van der Waals surface area contributed by atoms with Gasteiger partial charge in [0.15, 0.2) is 0 Å². The maximum Gasteiger partial charge on any atom is 0.299 e. The van der Waals surface area contributed by atoms with Gasteiger partial charge in [-0.2, -0.15) is 0 Å². The summed E-state index contributed by atoms with van der Waals surface area (Å²) in [5, 5.41) is 0. The molecule has 0 saturated carbocycles. The zero-order valence-electron chi connectivity index (χ0n) is 10.4. The van der Waals surface area contributed by atoms with E-state index in [1.54, 1.807) is 6.20 Å². The fraction of sp³-hybridized carbons (Fsp3) is 0.231. The van der Waals surface area contributed by atoms with Crippen LogP contribution in [0.15, 0.2) is 41.5 Å². The molecular formula is C13H16N4O. The number of hydrogen-bond donors (Lipinski definition) is 2. The molecule has 5 heteroatoms. The highest BCUT2D eigenvalue weighted by atomic mass is 16.1. The molecule has 3 N–H and O–H groups in total. The maximum absolute atomic E-state index is 12.0. The Morgan fingerprint density at radius 3 is 2.50 bits per heavy atom. The van der Waals surface area contributed by atoms with Gasteiger partial charge in [-0.25, -0.2) is 10.8 Å². The molecule has 5 nitrogen and oxygen atoms in total. The van der Waals surface area contributed by atoms with Gasteiger partial charge in [-0.1, -0.05) is 26.0 Å². The van der Waals surface area contributed by atoms with Crippen LogP contribution in [0.4, 0.5) is 5.82 Å². The average Bonchev–Trinajstić information content (AvgIpc) is 2.39. The largest absolute Gasteiger partial charge is 0.304 e. The van der Waals surface area contributed by atoms with Gasteiger partial charge in [0.25, 0.3) is 5.56 Å². The highest BCUT2D eigenvalue weighted by Crippen LogP contribution is 2.16. The predicted octanol–water partition coefficient (Wildman–Crippen LogP) is 1.64. The first-order valence-electron chi connectivity index (χ1n) is 5.78. The number of hydrogen-bond acceptors (Lipinski definition) is 4. The summed E-state index contributed by atoms with van der Waals surface area (Å²) in [4.78, 5) is 15.8. The number of benzene rings is 1. The molecule has 0 aliphatic heterocycles. The Labute approximate surface area is 105 Å². The van der Waals surface area contributed by atoms with Crippen molar-refractivity contribution < 1.29 is 0 Å². The molecule has 0 fully saturated rings. The van der Waals surface area contributed by atoms with E-state index >= 15 is 0 Å². The SMILES string of the molecule is CC(C)c1ccc(-n2ccnc(NN)c2=O)cc1. The van der Waals surface area contributed by atoms with E-state index in [0.29, 0.717) is 5.92 Å². The van der Waals surface area contributed by atoms with E-state index in [2.05, 4.69) is 24.3 Å². The van der Waals surface area contributed by atoms with Crippen LogP contribution in [0.2, 0.25) is 0 Å². The van der Waals surface area contributed by atoms with Crippen LogP contribution in [0.3, 0.4) is 0 Å². The van der Waals surface area contributed by atoms with E-state index in [0.717, 1.165) is 5.69 Å². The zero-order chi connectivity index (χ0) is 13.1.